The van der Waals surface area contributed by atoms with E-state index in [9.17, 15) is 13.6 Å². The van der Waals surface area contributed by atoms with Gasteiger partial charge in [0.05, 0.1) is 6.10 Å². The van der Waals surface area contributed by atoms with Gasteiger partial charge < -0.3 is 9.64 Å². The molecule has 2 heterocycles. The fourth-order valence-electron chi connectivity index (χ4n) is 3.97. The van der Waals surface area contributed by atoms with Crippen LogP contribution in [0.25, 0.3) is 0 Å². The molecule has 142 valence electrons. The molecular weight excluding hydrogens is 350 g/mol. The summed E-state index contributed by atoms with van der Waals surface area (Å²) in [5, 5.41) is 0. The number of halogens is 2. The van der Waals surface area contributed by atoms with Crippen molar-refractivity contribution in [2.24, 2.45) is 5.92 Å². The highest BCUT2D eigenvalue weighted by Gasteiger charge is 2.36. The van der Waals surface area contributed by atoms with E-state index in [0.717, 1.165) is 30.8 Å². The standard InChI is InChI=1S/C21H22F2N2O2/c22-18-7-6-15(10-19(18)23)11-24-9-8-20-16(12-24)13-25(21(26)14-27-20)17-4-2-1-3-5-17/h1-7,10,16,20H,8-9,11-14H2/t16-,20+/m1/s1. The van der Waals surface area contributed by atoms with Gasteiger partial charge in [-0.05, 0) is 36.2 Å². The summed E-state index contributed by atoms with van der Waals surface area (Å²) in [6, 6.07) is 13.7. The number of para-hydroxylation sites is 1. The van der Waals surface area contributed by atoms with E-state index in [0.29, 0.717) is 13.1 Å². The Bertz CT molecular complexity index is 815. The van der Waals surface area contributed by atoms with Gasteiger partial charge in [0.25, 0.3) is 5.91 Å². The van der Waals surface area contributed by atoms with Gasteiger partial charge >= 0.3 is 0 Å². The number of hydrogen-bond donors (Lipinski definition) is 0. The predicted octanol–water partition coefficient (Wildman–Crippen LogP) is 3.22. The summed E-state index contributed by atoms with van der Waals surface area (Å²) >= 11 is 0. The highest BCUT2D eigenvalue weighted by atomic mass is 19.2. The largest absolute Gasteiger partial charge is 0.368 e. The van der Waals surface area contributed by atoms with Crippen molar-refractivity contribution in [2.75, 3.05) is 31.1 Å². The molecule has 2 aliphatic rings. The molecule has 4 nitrogen and oxygen atoms in total. The number of benzene rings is 2. The number of amides is 1. The summed E-state index contributed by atoms with van der Waals surface area (Å²) < 4.78 is 32.5. The molecule has 0 unspecified atom stereocenters. The lowest BCUT2D eigenvalue weighted by atomic mass is 9.93. The number of rotatable bonds is 3. The lowest BCUT2D eigenvalue weighted by Crippen LogP contribution is -2.47. The van der Waals surface area contributed by atoms with Crippen LogP contribution in [0.5, 0.6) is 0 Å². The van der Waals surface area contributed by atoms with Crippen molar-refractivity contribution in [1.82, 2.24) is 4.90 Å². The first-order valence-electron chi connectivity index (χ1n) is 9.23. The summed E-state index contributed by atoms with van der Waals surface area (Å²) in [7, 11) is 0. The topological polar surface area (TPSA) is 32.8 Å². The summed E-state index contributed by atoms with van der Waals surface area (Å²) in [5.41, 5.74) is 1.63. The highest BCUT2D eigenvalue weighted by molar-refractivity contribution is 5.94. The highest BCUT2D eigenvalue weighted by Crippen LogP contribution is 2.28. The molecule has 2 aromatic rings. The second-order valence-corrected chi connectivity index (χ2v) is 7.22. The molecule has 2 aromatic carbocycles. The van der Waals surface area contributed by atoms with Crippen LogP contribution >= 0.6 is 0 Å². The van der Waals surface area contributed by atoms with Crippen molar-refractivity contribution in [2.45, 2.75) is 19.1 Å². The molecule has 1 amide bonds. The smallest absolute Gasteiger partial charge is 0.252 e. The first-order chi connectivity index (χ1) is 13.1. The second kappa shape index (κ2) is 7.74. The van der Waals surface area contributed by atoms with E-state index >= 15 is 0 Å². The monoisotopic (exact) mass is 372 g/mol. The van der Waals surface area contributed by atoms with E-state index in [1.807, 2.05) is 30.3 Å². The molecule has 27 heavy (non-hydrogen) atoms. The molecule has 0 spiro atoms. The minimum absolute atomic E-state index is 0.0252. The van der Waals surface area contributed by atoms with Gasteiger partial charge in [-0.1, -0.05) is 24.3 Å². The molecule has 0 N–H and O–H groups in total. The van der Waals surface area contributed by atoms with Gasteiger partial charge in [-0.2, -0.15) is 0 Å². The molecule has 4 rings (SSSR count). The third-order valence-electron chi connectivity index (χ3n) is 5.35. The SMILES string of the molecule is O=C1CO[C@H]2CCN(Cc3ccc(F)c(F)c3)C[C@@H]2CN1c1ccccc1. The number of ether oxygens (including phenoxy) is 1. The lowest BCUT2D eigenvalue weighted by Gasteiger charge is -2.38. The Morgan fingerprint density at radius 1 is 1.04 bits per heavy atom. The molecular formula is C21H22F2N2O2. The summed E-state index contributed by atoms with van der Waals surface area (Å²) in [6.07, 6.45) is 0.869. The third kappa shape index (κ3) is 4.01. The van der Waals surface area contributed by atoms with E-state index in [1.165, 1.54) is 12.1 Å². The van der Waals surface area contributed by atoms with Gasteiger partial charge in [-0.3, -0.25) is 9.69 Å². The van der Waals surface area contributed by atoms with Crippen LogP contribution in [0, 0.1) is 17.6 Å². The fourth-order valence-corrected chi connectivity index (χ4v) is 3.97. The molecule has 2 saturated heterocycles. The van der Waals surface area contributed by atoms with Crippen LogP contribution in [0.3, 0.4) is 0 Å². The molecule has 2 atom stereocenters. The van der Waals surface area contributed by atoms with Crippen molar-refractivity contribution in [3.05, 3.63) is 65.7 Å². The maximum Gasteiger partial charge on any atom is 0.252 e. The number of hydrogen-bond acceptors (Lipinski definition) is 3. The normalized spacial score (nSPS) is 23.8. The minimum atomic E-state index is -0.827. The zero-order valence-electron chi connectivity index (χ0n) is 15.0. The van der Waals surface area contributed by atoms with Crippen molar-refractivity contribution < 1.29 is 18.3 Å². The van der Waals surface area contributed by atoms with E-state index in [2.05, 4.69) is 4.90 Å². The zero-order valence-corrected chi connectivity index (χ0v) is 15.0. The van der Waals surface area contributed by atoms with Gasteiger partial charge in [0.2, 0.25) is 0 Å². The van der Waals surface area contributed by atoms with Gasteiger partial charge in [0, 0.05) is 37.8 Å². The van der Waals surface area contributed by atoms with Gasteiger partial charge in [-0.25, -0.2) is 8.78 Å². The maximum absolute atomic E-state index is 13.5. The van der Waals surface area contributed by atoms with Gasteiger partial charge in [-0.15, -0.1) is 0 Å². The third-order valence-corrected chi connectivity index (χ3v) is 5.35. The Hall–Kier alpha value is -2.31. The van der Waals surface area contributed by atoms with Crippen LogP contribution < -0.4 is 4.90 Å². The Morgan fingerprint density at radius 2 is 1.85 bits per heavy atom. The van der Waals surface area contributed by atoms with E-state index in [1.54, 1.807) is 11.0 Å². The average molecular weight is 372 g/mol. The van der Waals surface area contributed by atoms with Crippen LogP contribution in [0.2, 0.25) is 0 Å². The van der Waals surface area contributed by atoms with Gasteiger partial charge in [0.15, 0.2) is 11.6 Å². The van der Waals surface area contributed by atoms with E-state index < -0.39 is 11.6 Å². The van der Waals surface area contributed by atoms with Crippen molar-refractivity contribution in [3.8, 4) is 0 Å². The zero-order chi connectivity index (χ0) is 18.8. The average Bonchev–Trinajstić information content (AvgIpc) is 2.84. The summed E-state index contributed by atoms with van der Waals surface area (Å²) in [6.45, 7) is 2.81. The second-order valence-electron chi connectivity index (χ2n) is 7.22. The quantitative estimate of drug-likeness (QED) is 0.829. The Balaban J connectivity index is 1.47. The van der Waals surface area contributed by atoms with Crippen molar-refractivity contribution >= 4 is 11.6 Å². The molecule has 2 fully saturated rings. The number of likely N-dealkylation sites (tertiary alicyclic amines) is 1. The maximum atomic E-state index is 13.5. The minimum Gasteiger partial charge on any atom is -0.368 e. The van der Waals surface area contributed by atoms with Gasteiger partial charge in [0.1, 0.15) is 6.61 Å². The van der Waals surface area contributed by atoms with Crippen molar-refractivity contribution in [1.29, 1.82) is 0 Å². The van der Waals surface area contributed by atoms with Crippen LogP contribution in [0.15, 0.2) is 48.5 Å². The number of carbonyl (C=O) groups excluding carboxylic acids is 1. The molecule has 2 aliphatic heterocycles. The van der Waals surface area contributed by atoms with Crippen LogP contribution in [0.4, 0.5) is 14.5 Å². The Kier molecular flexibility index (Phi) is 5.18. The lowest BCUT2D eigenvalue weighted by molar-refractivity contribution is -0.124. The molecule has 0 saturated carbocycles. The molecule has 0 radical (unpaired) electrons. The molecule has 6 heteroatoms. The summed E-state index contributed by atoms with van der Waals surface area (Å²) in [4.78, 5) is 16.5. The number of piperidine rings is 1. The number of nitrogens with zero attached hydrogens (tertiary/aromatic N) is 2. The number of fused-ring (bicyclic) bond motifs is 1. The fraction of sp³-hybridized carbons (Fsp3) is 0.381. The van der Waals surface area contributed by atoms with E-state index in [4.69, 9.17) is 4.74 Å². The number of anilines is 1. The summed E-state index contributed by atoms with van der Waals surface area (Å²) in [5.74, 6) is -1.49. The van der Waals surface area contributed by atoms with E-state index in [-0.39, 0.29) is 24.5 Å². The van der Waals surface area contributed by atoms with Crippen LogP contribution in [0.1, 0.15) is 12.0 Å². The first-order valence-corrected chi connectivity index (χ1v) is 9.23. The van der Waals surface area contributed by atoms with Crippen LogP contribution in [-0.2, 0) is 16.1 Å². The first kappa shape index (κ1) is 18.1. The van der Waals surface area contributed by atoms with Crippen LogP contribution in [-0.4, -0.2) is 43.2 Å². The molecule has 0 aromatic heterocycles. The van der Waals surface area contributed by atoms with Crippen molar-refractivity contribution in [3.63, 3.8) is 0 Å². The predicted molar refractivity (Wildman–Crippen MR) is 98.3 cm³/mol. The molecule has 0 bridgehead atoms. The number of carbonyl (C=O) groups is 1. The molecule has 0 aliphatic carbocycles. The Labute approximate surface area is 157 Å². The Morgan fingerprint density at radius 3 is 2.63 bits per heavy atom.